The monoisotopic (exact) mass is 308 g/mol. The Morgan fingerprint density at radius 3 is 2.68 bits per heavy atom. The van der Waals surface area contributed by atoms with Gasteiger partial charge in [0.1, 0.15) is 5.75 Å². The number of carbonyl (C=O) groups excluding carboxylic acids is 1. The number of urea groups is 1. The molecule has 0 bridgehead atoms. The van der Waals surface area contributed by atoms with E-state index in [1.165, 1.54) is 4.90 Å². The lowest BCUT2D eigenvalue weighted by molar-refractivity contribution is -0.137. The number of hydrogen-bond donors (Lipinski definition) is 2. The third-order valence-electron chi connectivity index (χ3n) is 3.22. The van der Waals surface area contributed by atoms with Crippen LogP contribution in [0.1, 0.15) is 30.9 Å². The Labute approximate surface area is 131 Å². The zero-order valence-corrected chi connectivity index (χ0v) is 13.4. The molecule has 0 fully saturated rings. The van der Waals surface area contributed by atoms with Gasteiger partial charge in [-0.25, -0.2) is 4.79 Å². The summed E-state index contributed by atoms with van der Waals surface area (Å²) in [5.41, 5.74) is 2.05. The molecule has 22 heavy (non-hydrogen) atoms. The van der Waals surface area contributed by atoms with Gasteiger partial charge in [-0.2, -0.15) is 0 Å². The predicted octanol–water partition coefficient (Wildman–Crippen LogP) is 2.40. The van der Waals surface area contributed by atoms with Crippen LogP contribution in [0.2, 0.25) is 0 Å². The van der Waals surface area contributed by atoms with Gasteiger partial charge in [-0.05, 0) is 36.6 Å². The molecule has 1 aromatic carbocycles. The predicted molar refractivity (Wildman–Crippen MR) is 84.1 cm³/mol. The number of benzene rings is 1. The number of rotatable bonds is 8. The van der Waals surface area contributed by atoms with Gasteiger partial charge in [-0.15, -0.1) is 0 Å². The third kappa shape index (κ3) is 6.03. The van der Waals surface area contributed by atoms with Crippen LogP contribution < -0.4 is 10.1 Å². The van der Waals surface area contributed by atoms with Gasteiger partial charge in [-0.1, -0.05) is 13.0 Å². The number of hydrogen-bond acceptors (Lipinski definition) is 3. The van der Waals surface area contributed by atoms with Gasteiger partial charge in [0.05, 0.1) is 13.0 Å². The van der Waals surface area contributed by atoms with Gasteiger partial charge in [0, 0.05) is 20.1 Å². The first kappa shape index (κ1) is 17.8. The molecule has 1 rings (SSSR count). The van der Waals surface area contributed by atoms with Gasteiger partial charge < -0.3 is 20.1 Å². The van der Waals surface area contributed by atoms with Crippen LogP contribution in [0.3, 0.4) is 0 Å². The van der Waals surface area contributed by atoms with Gasteiger partial charge in [0.25, 0.3) is 0 Å². The lowest BCUT2D eigenvalue weighted by Gasteiger charge is -2.17. The molecule has 0 heterocycles. The zero-order valence-electron chi connectivity index (χ0n) is 13.4. The molecule has 1 aromatic rings. The van der Waals surface area contributed by atoms with E-state index in [0.717, 1.165) is 23.3 Å². The van der Waals surface area contributed by atoms with Crippen LogP contribution in [-0.4, -0.2) is 42.2 Å². The van der Waals surface area contributed by atoms with Crippen molar-refractivity contribution in [2.45, 2.75) is 33.2 Å². The molecule has 0 unspecified atom stereocenters. The van der Waals surface area contributed by atoms with Crippen molar-refractivity contribution in [2.75, 3.05) is 20.2 Å². The standard InChI is InChI=1S/C16H24N2O4/c1-4-9-22-14-6-5-13(12(2)10-14)11-17-16(21)18(3)8-7-15(19)20/h5-6,10H,4,7-9,11H2,1-3H3,(H,17,21)(H,19,20). The van der Waals surface area contributed by atoms with E-state index in [2.05, 4.69) is 12.2 Å². The van der Waals surface area contributed by atoms with Crippen molar-refractivity contribution in [1.82, 2.24) is 10.2 Å². The highest BCUT2D eigenvalue weighted by Gasteiger charge is 2.10. The Morgan fingerprint density at radius 2 is 2.09 bits per heavy atom. The highest BCUT2D eigenvalue weighted by Crippen LogP contribution is 2.17. The van der Waals surface area contributed by atoms with E-state index in [1.54, 1.807) is 7.05 Å². The summed E-state index contributed by atoms with van der Waals surface area (Å²) in [6, 6.07) is 5.48. The quantitative estimate of drug-likeness (QED) is 0.773. The second kappa shape index (κ2) is 8.92. The Bertz CT molecular complexity index is 517. The third-order valence-corrected chi connectivity index (χ3v) is 3.22. The zero-order chi connectivity index (χ0) is 16.5. The minimum Gasteiger partial charge on any atom is -0.494 e. The number of nitrogens with zero attached hydrogens (tertiary/aromatic N) is 1. The average Bonchev–Trinajstić information content (AvgIpc) is 2.49. The molecule has 122 valence electrons. The van der Waals surface area contributed by atoms with Crippen molar-refractivity contribution in [2.24, 2.45) is 0 Å². The number of ether oxygens (including phenoxy) is 1. The molecule has 2 amide bonds. The van der Waals surface area contributed by atoms with E-state index in [9.17, 15) is 9.59 Å². The van der Waals surface area contributed by atoms with Crippen LogP contribution in [0.15, 0.2) is 18.2 Å². The largest absolute Gasteiger partial charge is 0.494 e. The molecule has 6 nitrogen and oxygen atoms in total. The van der Waals surface area contributed by atoms with Crippen molar-refractivity contribution in [3.63, 3.8) is 0 Å². The fraction of sp³-hybridized carbons (Fsp3) is 0.500. The second-order valence-corrected chi connectivity index (χ2v) is 5.16. The van der Waals surface area contributed by atoms with Crippen molar-refractivity contribution in [3.8, 4) is 5.75 Å². The van der Waals surface area contributed by atoms with Crippen molar-refractivity contribution >= 4 is 12.0 Å². The number of amides is 2. The Balaban J connectivity index is 2.50. The molecule has 0 radical (unpaired) electrons. The fourth-order valence-electron chi connectivity index (χ4n) is 1.85. The second-order valence-electron chi connectivity index (χ2n) is 5.16. The maximum absolute atomic E-state index is 11.8. The summed E-state index contributed by atoms with van der Waals surface area (Å²) in [5, 5.41) is 11.4. The van der Waals surface area contributed by atoms with Gasteiger partial charge in [-0.3, -0.25) is 4.79 Å². The number of aliphatic carboxylic acids is 1. The highest BCUT2D eigenvalue weighted by molar-refractivity contribution is 5.75. The molecule has 0 saturated carbocycles. The molecule has 2 N–H and O–H groups in total. The van der Waals surface area contributed by atoms with E-state index in [-0.39, 0.29) is 19.0 Å². The average molecular weight is 308 g/mol. The molecule has 0 atom stereocenters. The number of carbonyl (C=O) groups is 2. The van der Waals surface area contributed by atoms with Crippen LogP contribution in [0.4, 0.5) is 4.79 Å². The molecular weight excluding hydrogens is 284 g/mol. The van der Waals surface area contributed by atoms with E-state index < -0.39 is 5.97 Å². The van der Waals surface area contributed by atoms with Crippen LogP contribution in [0.5, 0.6) is 5.75 Å². The number of nitrogens with one attached hydrogen (secondary N) is 1. The van der Waals surface area contributed by atoms with Gasteiger partial charge in [0.15, 0.2) is 0 Å². The lowest BCUT2D eigenvalue weighted by atomic mass is 10.1. The van der Waals surface area contributed by atoms with Gasteiger partial charge in [0.2, 0.25) is 0 Å². The van der Waals surface area contributed by atoms with E-state index >= 15 is 0 Å². The Hall–Kier alpha value is -2.24. The Kier molecular flexibility index (Phi) is 7.22. The molecule has 0 aromatic heterocycles. The van der Waals surface area contributed by atoms with Crippen molar-refractivity contribution in [1.29, 1.82) is 0 Å². The summed E-state index contributed by atoms with van der Waals surface area (Å²) in [4.78, 5) is 23.7. The molecule has 0 aliphatic heterocycles. The van der Waals surface area contributed by atoms with Crippen molar-refractivity contribution in [3.05, 3.63) is 29.3 Å². The molecule has 0 saturated heterocycles. The van der Waals surface area contributed by atoms with E-state index in [1.807, 2.05) is 25.1 Å². The first-order chi connectivity index (χ1) is 10.4. The summed E-state index contributed by atoms with van der Waals surface area (Å²) in [6.45, 7) is 5.29. The number of carboxylic acids is 1. The van der Waals surface area contributed by atoms with Crippen LogP contribution >= 0.6 is 0 Å². The number of aryl methyl sites for hydroxylation is 1. The fourth-order valence-corrected chi connectivity index (χ4v) is 1.85. The summed E-state index contributed by atoms with van der Waals surface area (Å²) in [7, 11) is 1.58. The topological polar surface area (TPSA) is 78.9 Å². The van der Waals surface area contributed by atoms with Gasteiger partial charge >= 0.3 is 12.0 Å². The van der Waals surface area contributed by atoms with Crippen molar-refractivity contribution < 1.29 is 19.4 Å². The maximum atomic E-state index is 11.8. The SMILES string of the molecule is CCCOc1ccc(CNC(=O)N(C)CCC(=O)O)c(C)c1. The van der Waals surface area contributed by atoms with E-state index in [4.69, 9.17) is 9.84 Å². The normalized spacial score (nSPS) is 10.1. The Morgan fingerprint density at radius 1 is 1.36 bits per heavy atom. The molecule has 0 spiro atoms. The first-order valence-corrected chi connectivity index (χ1v) is 7.37. The molecule has 0 aliphatic carbocycles. The summed E-state index contributed by atoms with van der Waals surface area (Å²) in [5.74, 6) is -0.0915. The summed E-state index contributed by atoms with van der Waals surface area (Å²) < 4.78 is 5.56. The molecule has 6 heteroatoms. The number of carboxylic acid groups (broad SMARTS) is 1. The van der Waals surface area contributed by atoms with Crippen LogP contribution in [0.25, 0.3) is 0 Å². The minimum atomic E-state index is -0.918. The minimum absolute atomic E-state index is 0.0631. The first-order valence-electron chi connectivity index (χ1n) is 7.37. The maximum Gasteiger partial charge on any atom is 0.317 e. The van der Waals surface area contributed by atoms with E-state index in [0.29, 0.717) is 13.2 Å². The molecular formula is C16H24N2O4. The smallest absolute Gasteiger partial charge is 0.317 e. The lowest BCUT2D eigenvalue weighted by Crippen LogP contribution is -2.38. The summed E-state index contributed by atoms with van der Waals surface area (Å²) in [6.07, 6.45) is 0.895. The highest BCUT2D eigenvalue weighted by atomic mass is 16.5. The van der Waals surface area contributed by atoms with Crippen LogP contribution in [0, 0.1) is 6.92 Å². The molecule has 0 aliphatic rings. The summed E-state index contributed by atoms with van der Waals surface area (Å²) >= 11 is 0. The van der Waals surface area contributed by atoms with Crippen LogP contribution in [-0.2, 0) is 11.3 Å².